The number of benzene rings is 1. The van der Waals surface area contributed by atoms with Gasteiger partial charge in [-0.1, -0.05) is 19.1 Å². The van der Waals surface area contributed by atoms with Crippen LogP contribution in [-0.4, -0.2) is 43.9 Å². The van der Waals surface area contributed by atoms with Crippen molar-refractivity contribution in [3.05, 3.63) is 35.6 Å². The van der Waals surface area contributed by atoms with Gasteiger partial charge >= 0.3 is 6.03 Å². The van der Waals surface area contributed by atoms with Crippen molar-refractivity contribution in [3.63, 3.8) is 0 Å². The lowest BCUT2D eigenvalue weighted by Crippen LogP contribution is -2.45. The highest BCUT2D eigenvalue weighted by Crippen LogP contribution is 2.13. The molecule has 0 aliphatic carbocycles. The SMILES string of the molecule is CCS(=O)(=O)C[C@H](C)N(C)C(=O)N[C@@H](C)c1ccc(F)cc1. The largest absolute Gasteiger partial charge is 0.331 e. The summed E-state index contributed by atoms with van der Waals surface area (Å²) in [6, 6.07) is 4.78. The van der Waals surface area contributed by atoms with Crippen LogP contribution in [0.15, 0.2) is 24.3 Å². The van der Waals surface area contributed by atoms with Gasteiger partial charge in [-0.2, -0.15) is 0 Å². The molecule has 0 saturated carbocycles. The molecule has 2 atom stereocenters. The van der Waals surface area contributed by atoms with Crippen LogP contribution < -0.4 is 5.32 Å². The van der Waals surface area contributed by atoms with Crippen molar-refractivity contribution in [2.45, 2.75) is 32.9 Å². The zero-order valence-corrected chi connectivity index (χ0v) is 14.2. The minimum Gasteiger partial charge on any atom is -0.331 e. The van der Waals surface area contributed by atoms with E-state index >= 15 is 0 Å². The van der Waals surface area contributed by atoms with Crippen molar-refractivity contribution >= 4 is 15.9 Å². The fourth-order valence-electron chi connectivity index (χ4n) is 1.92. The van der Waals surface area contributed by atoms with E-state index in [-0.39, 0.29) is 29.4 Å². The zero-order chi connectivity index (χ0) is 16.9. The number of carbonyl (C=O) groups is 1. The Labute approximate surface area is 131 Å². The standard InChI is InChI=1S/C15H23FN2O3S/c1-5-22(20,21)10-11(2)18(4)15(19)17-12(3)13-6-8-14(16)9-7-13/h6-9,11-12H,5,10H2,1-4H3,(H,17,19)/t11-,12-/m0/s1. The summed E-state index contributed by atoms with van der Waals surface area (Å²) < 4.78 is 36.1. The number of amides is 2. The molecule has 0 saturated heterocycles. The predicted octanol–water partition coefficient (Wildman–Crippen LogP) is 2.35. The minimum absolute atomic E-state index is 0.0543. The van der Waals surface area contributed by atoms with E-state index in [9.17, 15) is 17.6 Å². The molecule has 0 aliphatic rings. The maximum Gasteiger partial charge on any atom is 0.317 e. The maximum absolute atomic E-state index is 12.9. The van der Waals surface area contributed by atoms with Crippen LogP contribution in [0.3, 0.4) is 0 Å². The van der Waals surface area contributed by atoms with E-state index in [1.165, 1.54) is 17.0 Å². The van der Waals surface area contributed by atoms with Crippen LogP contribution in [0.4, 0.5) is 9.18 Å². The molecule has 0 radical (unpaired) electrons. The summed E-state index contributed by atoms with van der Waals surface area (Å²) in [6.07, 6.45) is 0. The highest BCUT2D eigenvalue weighted by molar-refractivity contribution is 7.91. The molecule has 0 fully saturated rings. The van der Waals surface area contributed by atoms with Crippen LogP contribution in [-0.2, 0) is 9.84 Å². The van der Waals surface area contributed by atoms with Crippen LogP contribution in [0.1, 0.15) is 32.4 Å². The van der Waals surface area contributed by atoms with Crippen LogP contribution in [0.25, 0.3) is 0 Å². The van der Waals surface area contributed by atoms with Crippen molar-refractivity contribution in [2.24, 2.45) is 0 Å². The number of halogens is 1. The molecule has 1 rings (SSSR count). The molecule has 1 aromatic carbocycles. The summed E-state index contributed by atoms with van der Waals surface area (Å²) in [5, 5.41) is 2.77. The van der Waals surface area contributed by atoms with Crippen molar-refractivity contribution < 1.29 is 17.6 Å². The van der Waals surface area contributed by atoms with Crippen LogP contribution in [0, 0.1) is 5.82 Å². The molecule has 0 aromatic heterocycles. The minimum atomic E-state index is -3.15. The lowest BCUT2D eigenvalue weighted by molar-refractivity contribution is 0.195. The molecular weight excluding hydrogens is 307 g/mol. The Kier molecular flexibility index (Phi) is 6.34. The molecule has 0 spiro atoms. The topological polar surface area (TPSA) is 66.5 Å². The summed E-state index contributed by atoms with van der Waals surface area (Å²) in [4.78, 5) is 13.5. The number of sulfone groups is 1. The van der Waals surface area contributed by atoms with Gasteiger partial charge in [0.25, 0.3) is 0 Å². The van der Waals surface area contributed by atoms with Gasteiger partial charge in [0.1, 0.15) is 5.82 Å². The van der Waals surface area contributed by atoms with Crippen molar-refractivity contribution in [1.82, 2.24) is 10.2 Å². The van der Waals surface area contributed by atoms with Gasteiger partial charge < -0.3 is 10.2 Å². The number of carbonyl (C=O) groups excluding carboxylic acids is 1. The molecule has 7 heteroatoms. The third-order valence-corrected chi connectivity index (χ3v) is 5.50. The fourth-order valence-corrected chi connectivity index (χ4v) is 3.11. The Hall–Kier alpha value is -1.63. The molecule has 1 N–H and O–H groups in total. The van der Waals surface area contributed by atoms with E-state index in [0.717, 1.165) is 5.56 Å². The van der Waals surface area contributed by atoms with E-state index < -0.39 is 15.9 Å². The van der Waals surface area contributed by atoms with Crippen molar-refractivity contribution in [2.75, 3.05) is 18.6 Å². The first-order chi connectivity index (χ1) is 10.2. The lowest BCUT2D eigenvalue weighted by Gasteiger charge is -2.27. The monoisotopic (exact) mass is 330 g/mol. The molecule has 1 aromatic rings. The second-order valence-corrected chi connectivity index (χ2v) is 7.78. The van der Waals surface area contributed by atoms with Crippen molar-refractivity contribution in [3.8, 4) is 0 Å². The van der Waals surface area contributed by atoms with E-state index in [2.05, 4.69) is 5.32 Å². The summed E-state index contributed by atoms with van der Waals surface area (Å²) >= 11 is 0. The second-order valence-electron chi connectivity index (χ2n) is 5.38. The first-order valence-corrected chi connectivity index (χ1v) is 8.97. The Balaban J connectivity index is 2.65. The molecular formula is C15H23FN2O3S. The fraction of sp³-hybridized carbons (Fsp3) is 0.533. The maximum atomic E-state index is 12.9. The van der Waals surface area contributed by atoms with Gasteiger partial charge in [-0.25, -0.2) is 17.6 Å². The smallest absolute Gasteiger partial charge is 0.317 e. The van der Waals surface area contributed by atoms with Gasteiger partial charge in [0, 0.05) is 18.8 Å². The molecule has 0 unspecified atom stereocenters. The van der Waals surface area contributed by atoms with Gasteiger partial charge in [-0.05, 0) is 31.5 Å². The van der Waals surface area contributed by atoms with Gasteiger partial charge in [-0.3, -0.25) is 0 Å². The van der Waals surface area contributed by atoms with Gasteiger partial charge in [0.2, 0.25) is 0 Å². The Morgan fingerprint density at radius 3 is 2.32 bits per heavy atom. The summed E-state index contributed by atoms with van der Waals surface area (Å²) in [5.41, 5.74) is 0.775. The number of hydrogen-bond donors (Lipinski definition) is 1. The number of hydrogen-bond acceptors (Lipinski definition) is 3. The molecule has 0 bridgehead atoms. The van der Waals surface area contributed by atoms with E-state index in [1.54, 1.807) is 40.0 Å². The third-order valence-electron chi connectivity index (χ3n) is 3.63. The van der Waals surface area contributed by atoms with Gasteiger partial charge in [0.05, 0.1) is 11.8 Å². The summed E-state index contributed by atoms with van der Waals surface area (Å²) in [5.74, 6) is -0.352. The second kappa shape index (κ2) is 7.58. The first-order valence-electron chi connectivity index (χ1n) is 7.15. The highest BCUT2D eigenvalue weighted by atomic mass is 32.2. The van der Waals surface area contributed by atoms with Crippen LogP contribution >= 0.6 is 0 Å². The normalized spacial score (nSPS) is 14.2. The number of rotatable bonds is 6. The summed E-state index contributed by atoms with van der Waals surface area (Å²) in [6.45, 7) is 5.06. The predicted molar refractivity (Wildman–Crippen MR) is 84.9 cm³/mol. The molecule has 0 heterocycles. The molecule has 0 aliphatic heterocycles. The zero-order valence-electron chi connectivity index (χ0n) is 13.3. The highest BCUT2D eigenvalue weighted by Gasteiger charge is 2.22. The van der Waals surface area contributed by atoms with Crippen molar-refractivity contribution in [1.29, 1.82) is 0 Å². The van der Waals surface area contributed by atoms with Gasteiger partial charge in [-0.15, -0.1) is 0 Å². The Bertz CT molecular complexity index is 602. The van der Waals surface area contributed by atoms with Gasteiger partial charge in [0.15, 0.2) is 9.84 Å². The average Bonchev–Trinajstić information content (AvgIpc) is 2.46. The quantitative estimate of drug-likeness (QED) is 0.871. The molecule has 2 amide bonds. The van der Waals surface area contributed by atoms with Crippen LogP contribution in [0.5, 0.6) is 0 Å². The summed E-state index contributed by atoms with van der Waals surface area (Å²) in [7, 11) is -1.59. The number of nitrogens with one attached hydrogen (secondary N) is 1. The van der Waals surface area contributed by atoms with E-state index in [4.69, 9.17) is 0 Å². The lowest BCUT2D eigenvalue weighted by atomic mass is 10.1. The average molecular weight is 330 g/mol. The Morgan fingerprint density at radius 1 is 1.27 bits per heavy atom. The Morgan fingerprint density at radius 2 is 1.82 bits per heavy atom. The molecule has 5 nitrogen and oxygen atoms in total. The van der Waals surface area contributed by atoms with E-state index in [1.807, 2.05) is 0 Å². The van der Waals surface area contributed by atoms with E-state index in [0.29, 0.717) is 0 Å². The first kappa shape index (κ1) is 18.4. The third kappa shape index (κ3) is 5.29. The number of nitrogens with zero attached hydrogens (tertiary/aromatic N) is 1. The number of urea groups is 1. The molecule has 22 heavy (non-hydrogen) atoms. The molecule has 124 valence electrons. The van der Waals surface area contributed by atoms with Crippen LogP contribution in [0.2, 0.25) is 0 Å².